The van der Waals surface area contributed by atoms with Crippen LogP contribution in [0.15, 0.2) is 41.8 Å². The molecule has 19 heavy (non-hydrogen) atoms. The van der Waals surface area contributed by atoms with Crippen LogP contribution in [0.5, 0.6) is 0 Å². The Bertz CT molecular complexity index is 462. The minimum absolute atomic E-state index is 0.954. The first-order valence-corrected chi connectivity index (χ1v) is 7.70. The molecule has 0 spiro atoms. The highest BCUT2D eigenvalue weighted by atomic mass is 32.1. The van der Waals surface area contributed by atoms with E-state index in [1.807, 2.05) is 11.3 Å². The van der Waals surface area contributed by atoms with E-state index in [-0.39, 0.29) is 0 Å². The van der Waals surface area contributed by atoms with Gasteiger partial charge in [0.05, 0.1) is 0 Å². The number of rotatable bonds is 7. The van der Waals surface area contributed by atoms with Gasteiger partial charge in [-0.2, -0.15) is 0 Å². The molecule has 1 aromatic carbocycles. The van der Waals surface area contributed by atoms with Gasteiger partial charge in [0.2, 0.25) is 0 Å². The van der Waals surface area contributed by atoms with Gasteiger partial charge in [-0.15, -0.1) is 11.3 Å². The molecule has 0 radical (unpaired) electrons. The second kappa shape index (κ2) is 7.31. The van der Waals surface area contributed by atoms with Crippen molar-refractivity contribution in [2.75, 3.05) is 25.0 Å². The molecule has 1 N–H and O–H groups in total. The van der Waals surface area contributed by atoms with Gasteiger partial charge in [0.25, 0.3) is 0 Å². The van der Waals surface area contributed by atoms with Crippen molar-refractivity contribution in [1.82, 2.24) is 5.32 Å². The fourth-order valence-corrected chi connectivity index (χ4v) is 2.70. The van der Waals surface area contributed by atoms with E-state index in [0.29, 0.717) is 0 Å². The van der Waals surface area contributed by atoms with E-state index in [4.69, 9.17) is 0 Å². The van der Waals surface area contributed by atoms with E-state index >= 15 is 0 Å². The molecular weight excluding hydrogens is 252 g/mol. The zero-order valence-electron chi connectivity index (χ0n) is 11.7. The Morgan fingerprint density at radius 1 is 1.16 bits per heavy atom. The molecule has 0 aliphatic rings. The summed E-state index contributed by atoms with van der Waals surface area (Å²) in [6, 6.07) is 13.2. The third kappa shape index (κ3) is 4.37. The zero-order chi connectivity index (χ0) is 13.5. The van der Waals surface area contributed by atoms with Gasteiger partial charge >= 0.3 is 0 Å². The fraction of sp³-hybridized carbons (Fsp3) is 0.375. The highest BCUT2D eigenvalue weighted by molar-refractivity contribution is 7.09. The molecule has 1 aromatic heterocycles. The molecule has 2 aromatic rings. The molecule has 0 fully saturated rings. The lowest BCUT2D eigenvalue weighted by Gasteiger charge is -2.19. The lowest BCUT2D eigenvalue weighted by molar-refractivity contribution is 0.726. The summed E-state index contributed by atoms with van der Waals surface area (Å²) in [4.78, 5) is 3.77. The Hall–Kier alpha value is -1.32. The molecule has 102 valence electrons. The number of thiophene rings is 1. The van der Waals surface area contributed by atoms with Crippen molar-refractivity contribution in [3.8, 4) is 0 Å². The third-order valence-electron chi connectivity index (χ3n) is 3.23. The molecule has 1 heterocycles. The largest absolute Gasteiger partial charge is 0.374 e. The van der Waals surface area contributed by atoms with Crippen LogP contribution in [0.4, 0.5) is 5.69 Å². The van der Waals surface area contributed by atoms with Crippen LogP contribution in [0.1, 0.15) is 17.4 Å². The van der Waals surface area contributed by atoms with Gasteiger partial charge in [-0.3, -0.25) is 0 Å². The van der Waals surface area contributed by atoms with E-state index in [2.05, 4.69) is 66.0 Å². The molecule has 0 unspecified atom stereocenters. The van der Waals surface area contributed by atoms with E-state index < -0.39 is 0 Å². The normalized spacial score (nSPS) is 10.6. The van der Waals surface area contributed by atoms with Crippen molar-refractivity contribution in [1.29, 1.82) is 0 Å². The number of hydrogen-bond donors (Lipinski definition) is 1. The van der Waals surface area contributed by atoms with Gasteiger partial charge in [0.15, 0.2) is 0 Å². The first kappa shape index (κ1) is 14.1. The third-order valence-corrected chi connectivity index (χ3v) is 4.17. The predicted molar refractivity (Wildman–Crippen MR) is 85.1 cm³/mol. The Morgan fingerprint density at radius 2 is 1.95 bits per heavy atom. The summed E-state index contributed by atoms with van der Waals surface area (Å²) in [5.41, 5.74) is 2.63. The SMILES string of the molecule is CCNCc1ccc(N(C)CCc2cccs2)cc1. The molecule has 0 amide bonds. The van der Waals surface area contributed by atoms with Crippen molar-refractivity contribution < 1.29 is 0 Å². The Balaban J connectivity index is 1.86. The smallest absolute Gasteiger partial charge is 0.0363 e. The zero-order valence-corrected chi connectivity index (χ0v) is 12.5. The highest BCUT2D eigenvalue weighted by Gasteiger charge is 2.02. The summed E-state index contributed by atoms with van der Waals surface area (Å²) in [5.74, 6) is 0. The van der Waals surface area contributed by atoms with Crippen LogP contribution in [0.25, 0.3) is 0 Å². The van der Waals surface area contributed by atoms with Crippen molar-refractivity contribution >= 4 is 17.0 Å². The first-order chi connectivity index (χ1) is 9.29. The van der Waals surface area contributed by atoms with Crippen molar-refractivity contribution in [2.45, 2.75) is 19.9 Å². The van der Waals surface area contributed by atoms with E-state index in [9.17, 15) is 0 Å². The average Bonchev–Trinajstić information content (AvgIpc) is 2.96. The van der Waals surface area contributed by atoms with Crippen molar-refractivity contribution in [3.05, 3.63) is 52.2 Å². The summed E-state index contributed by atoms with van der Waals surface area (Å²) in [5, 5.41) is 5.49. The van der Waals surface area contributed by atoms with Crippen molar-refractivity contribution in [3.63, 3.8) is 0 Å². The first-order valence-electron chi connectivity index (χ1n) is 6.82. The molecule has 0 aliphatic carbocycles. The summed E-state index contributed by atoms with van der Waals surface area (Å²) in [6.07, 6.45) is 1.12. The monoisotopic (exact) mass is 274 g/mol. The van der Waals surface area contributed by atoms with Gasteiger partial charge < -0.3 is 10.2 Å². The predicted octanol–water partition coefficient (Wildman–Crippen LogP) is 3.54. The number of nitrogens with zero attached hydrogens (tertiary/aromatic N) is 1. The number of likely N-dealkylation sites (N-methyl/N-ethyl adjacent to an activating group) is 1. The topological polar surface area (TPSA) is 15.3 Å². The molecule has 3 heteroatoms. The maximum atomic E-state index is 3.34. The lowest BCUT2D eigenvalue weighted by Crippen LogP contribution is -2.20. The van der Waals surface area contributed by atoms with Crippen LogP contribution in [0, 0.1) is 0 Å². The van der Waals surface area contributed by atoms with E-state index in [1.54, 1.807) is 0 Å². The summed E-state index contributed by atoms with van der Waals surface area (Å²) >= 11 is 1.84. The second-order valence-electron chi connectivity index (χ2n) is 4.70. The maximum Gasteiger partial charge on any atom is 0.0363 e. The fourth-order valence-electron chi connectivity index (χ4n) is 2.00. The number of benzene rings is 1. The van der Waals surface area contributed by atoms with Gasteiger partial charge in [-0.25, -0.2) is 0 Å². The molecular formula is C16H22N2S. The Labute approximate surface area is 120 Å². The maximum absolute atomic E-state index is 3.34. The van der Waals surface area contributed by atoms with Crippen LogP contribution in [-0.2, 0) is 13.0 Å². The van der Waals surface area contributed by atoms with Crippen LogP contribution in [-0.4, -0.2) is 20.1 Å². The molecule has 0 bridgehead atoms. The highest BCUT2D eigenvalue weighted by Crippen LogP contribution is 2.16. The van der Waals surface area contributed by atoms with Gasteiger partial charge in [0, 0.05) is 30.7 Å². The van der Waals surface area contributed by atoms with Crippen LogP contribution >= 0.6 is 11.3 Å². The van der Waals surface area contributed by atoms with E-state index in [0.717, 1.165) is 26.1 Å². The molecule has 0 atom stereocenters. The summed E-state index contributed by atoms with van der Waals surface area (Å²) in [6.45, 7) is 5.16. The molecule has 2 rings (SSSR count). The average molecular weight is 274 g/mol. The minimum atomic E-state index is 0.954. The quantitative estimate of drug-likeness (QED) is 0.831. The Kier molecular flexibility index (Phi) is 5.43. The number of hydrogen-bond acceptors (Lipinski definition) is 3. The standard InChI is InChI=1S/C16H22N2S/c1-3-17-13-14-6-8-15(9-7-14)18(2)11-10-16-5-4-12-19-16/h4-9,12,17H,3,10-11,13H2,1-2H3. The van der Waals surface area contributed by atoms with Crippen LogP contribution < -0.4 is 10.2 Å². The molecule has 0 aliphatic heterocycles. The minimum Gasteiger partial charge on any atom is -0.374 e. The molecule has 0 saturated carbocycles. The molecule has 0 saturated heterocycles. The lowest BCUT2D eigenvalue weighted by atomic mass is 10.2. The summed E-state index contributed by atoms with van der Waals surface area (Å²) < 4.78 is 0. The number of anilines is 1. The van der Waals surface area contributed by atoms with Gasteiger partial charge in [-0.1, -0.05) is 25.1 Å². The van der Waals surface area contributed by atoms with Gasteiger partial charge in [-0.05, 0) is 42.1 Å². The van der Waals surface area contributed by atoms with Crippen LogP contribution in [0.3, 0.4) is 0 Å². The number of nitrogens with one attached hydrogen (secondary N) is 1. The van der Waals surface area contributed by atoms with E-state index in [1.165, 1.54) is 16.1 Å². The Morgan fingerprint density at radius 3 is 2.58 bits per heavy atom. The molecule has 2 nitrogen and oxygen atoms in total. The summed E-state index contributed by atoms with van der Waals surface area (Å²) in [7, 11) is 2.16. The van der Waals surface area contributed by atoms with Gasteiger partial charge in [0.1, 0.15) is 0 Å². The second-order valence-corrected chi connectivity index (χ2v) is 5.73. The van der Waals surface area contributed by atoms with Crippen molar-refractivity contribution in [2.24, 2.45) is 0 Å². The van der Waals surface area contributed by atoms with Crippen LogP contribution in [0.2, 0.25) is 0 Å².